The van der Waals surface area contributed by atoms with Gasteiger partial charge in [0.15, 0.2) is 0 Å². The Labute approximate surface area is 162 Å². The first-order valence-electron chi connectivity index (χ1n) is 8.76. The highest BCUT2D eigenvalue weighted by Gasteiger charge is 2.26. The van der Waals surface area contributed by atoms with E-state index in [-0.39, 0.29) is 28.9 Å². The van der Waals surface area contributed by atoms with Crippen LogP contribution in [0, 0.1) is 0 Å². The minimum atomic E-state index is -0.304. The zero-order chi connectivity index (χ0) is 20.3. The van der Waals surface area contributed by atoms with Gasteiger partial charge in [0.1, 0.15) is 23.0 Å². The van der Waals surface area contributed by atoms with Crippen LogP contribution in [-0.4, -0.2) is 72.2 Å². The van der Waals surface area contributed by atoms with Crippen LogP contribution in [0.1, 0.15) is 20.7 Å². The maximum absolute atomic E-state index is 12.8. The van der Waals surface area contributed by atoms with Gasteiger partial charge in [-0.15, -0.1) is 0 Å². The van der Waals surface area contributed by atoms with Crippen molar-refractivity contribution >= 4 is 11.8 Å². The third-order valence-electron chi connectivity index (χ3n) is 4.60. The Morgan fingerprint density at radius 3 is 1.50 bits per heavy atom. The molecular weight excluding hydrogens is 364 g/mol. The zero-order valence-electron chi connectivity index (χ0n) is 15.7. The number of methoxy groups -OCH3 is 2. The van der Waals surface area contributed by atoms with E-state index in [0.717, 1.165) is 6.07 Å². The first-order valence-corrected chi connectivity index (χ1v) is 8.76. The summed E-state index contributed by atoms with van der Waals surface area (Å²) in [5.74, 6) is 0.231. The number of phenols is 2. The van der Waals surface area contributed by atoms with Crippen LogP contribution in [0.25, 0.3) is 0 Å². The Bertz CT molecular complexity index is 848. The van der Waals surface area contributed by atoms with Crippen molar-refractivity contribution in [2.75, 3.05) is 40.4 Å². The number of nitrogens with zero attached hydrogens (tertiary/aromatic N) is 2. The SMILES string of the molecule is COc1cc(OC)cc(C(=O)N2CCN(C(=O)c3cc(O)cc(O)c3)CC2)c1. The summed E-state index contributed by atoms with van der Waals surface area (Å²) < 4.78 is 10.4. The maximum Gasteiger partial charge on any atom is 0.254 e. The second-order valence-electron chi connectivity index (χ2n) is 6.42. The molecule has 0 spiro atoms. The number of aromatic hydroxyl groups is 2. The van der Waals surface area contributed by atoms with Crippen LogP contribution in [0.2, 0.25) is 0 Å². The van der Waals surface area contributed by atoms with Gasteiger partial charge in [-0.3, -0.25) is 9.59 Å². The van der Waals surface area contributed by atoms with Gasteiger partial charge in [0.25, 0.3) is 11.8 Å². The summed E-state index contributed by atoms with van der Waals surface area (Å²) in [6.07, 6.45) is 0. The number of rotatable bonds is 4. The van der Waals surface area contributed by atoms with Crippen LogP contribution in [0.15, 0.2) is 36.4 Å². The van der Waals surface area contributed by atoms with Crippen molar-refractivity contribution in [2.24, 2.45) is 0 Å². The Balaban J connectivity index is 1.68. The summed E-state index contributed by atoms with van der Waals surface area (Å²) in [5, 5.41) is 19.1. The molecule has 148 valence electrons. The van der Waals surface area contributed by atoms with Gasteiger partial charge in [0.05, 0.1) is 14.2 Å². The third kappa shape index (κ3) is 4.11. The topological polar surface area (TPSA) is 99.5 Å². The summed E-state index contributed by atoms with van der Waals surface area (Å²) >= 11 is 0. The number of amides is 2. The molecule has 1 heterocycles. The lowest BCUT2D eigenvalue weighted by Crippen LogP contribution is -2.50. The normalized spacial score (nSPS) is 13.9. The Morgan fingerprint density at radius 1 is 0.714 bits per heavy atom. The predicted molar refractivity (Wildman–Crippen MR) is 101 cm³/mol. The van der Waals surface area contributed by atoms with Gasteiger partial charge >= 0.3 is 0 Å². The molecule has 2 N–H and O–H groups in total. The fourth-order valence-corrected chi connectivity index (χ4v) is 3.13. The first kappa shape index (κ1) is 19.3. The molecule has 1 saturated heterocycles. The molecule has 0 atom stereocenters. The molecule has 2 amide bonds. The highest BCUT2D eigenvalue weighted by molar-refractivity contribution is 5.97. The number of carbonyl (C=O) groups is 2. The van der Waals surface area contributed by atoms with E-state index in [0.29, 0.717) is 43.2 Å². The monoisotopic (exact) mass is 386 g/mol. The minimum absolute atomic E-state index is 0.167. The number of ether oxygens (including phenoxy) is 2. The molecule has 1 aliphatic rings. The Kier molecular flexibility index (Phi) is 5.58. The van der Waals surface area contributed by atoms with Crippen molar-refractivity contribution < 1.29 is 29.3 Å². The van der Waals surface area contributed by atoms with Crippen LogP contribution in [-0.2, 0) is 0 Å². The summed E-state index contributed by atoms with van der Waals surface area (Å²) in [6.45, 7) is 1.44. The molecule has 0 aromatic heterocycles. The largest absolute Gasteiger partial charge is 0.508 e. The number of hydrogen-bond acceptors (Lipinski definition) is 6. The molecule has 28 heavy (non-hydrogen) atoms. The van der Waals surface area contributed by atoms with Gasteiger partial charge in [0, 0.05) is 49.4 Å². The van der Waals surface area contributed by atoms with Gasteiger partial charge in [-0.2, -0.15) is 0 Å². The van der Waals surface area contributed by atoms with E-state index in [2.05, 4.69) is 0 Å². The lowest BCUT2D eigenvalue weighted by molar-refractivity contribution is 0.0535. The average Bonchev–Trinajstić information content (AvgIpc) is 2.71. The number of piperazine rings is 1. The average molecular weight is 386 g/mol. The molecule has 8 heteroatoms. The molecule has 1 fully saturated rings. The van der Waals surface area contributed by atoms with Crippen LogP contribution in [0.5, 0.6) is 23.0 Å². The molecule has 3 rings (SSSR count). The van der Waals surface area contributed by atoms with Gasteiger partial charge < -0.3 is 29.5 Å². The van der Waals surface area contributed by atoms with Crippen LogP contribution in [0.3, 0.4) is 0 Å². The number of phenolic OH excluding ortho intramolecular Hbond substituents is 2. The van der Waals surface area contributed by atoms with Crippen molar-refractivity contribution in [1.29, 1.82) is 0 Å². The molecule has 0 unspecified atom stereocenters. The molecular formula is C20H22N2O6. The van der Waals surface area contributed by atoms with Crippen molar-refractivity contribution in [2.45, 2.75) is 0 Å². The van der Waals surface area contributed by atoms with Gasteiger partial charge in [-0.05, 0) is 24.3 Å². The van der Waals surface area contributed by atoms with E-state index in [1.165, 1.54) is 26.4 Å². The van der Waals surface area contributed by atoms with Crippen molar-refractivity contribution in [1.82, 2.24) is 9.80 Å². The minimum Gasteiger partial charge on any atom is -0.508 e. The molecule has 1 aliphatic heterocycles. The van der Waals surface area contributed by atoms with E-state index < -0.39 is 0 Å². The van der Waals surface area contributed by atoms with Crippen LogP contribution in [0.4, 0.5) is 0 Å². The fourth-order valence-electron chi connectivity index (χ4n) is 3.13. The molecule has 0 radical (unpaired) electrons. The molecule has 2 aromatic carbocycles. The van der Waals surface area contributed by atoms with E-state index in [1.807, 2.05) is 0 Å². The summed E-state index contributed by atoms with van der Waals surface area (Å²) in [7, 11) is 3.04. The van der Waals surface area contributed by atoms with E-state index in [1.54, 1.807) is 28.0 Å². The van der Waals surface area contributed by atoms with Gasteiger partial charge in [-0.1, -0.05) is 0 Å². The van der Waals surface area contributed by atoms with E-state index in [4.69, 9.17) is 9.47 Å². The number of benzene rings is 2. The van der Waals surface area contributed by atoms with E-state index >= 15 is 0 Å². The molecule has 0 aliphatic carbocycles. The second kappa shape index (κ2) is 8.08. The smallest absolute Gasteiger partial charge is 0.254 e. The Morgan fingerprint density at radius 2 is 1.11 bits per heavy atom. The lowest BCUT2D eigenvalue weighted by atomic mass is 10.1. The third-order valence-corrected chi connectivity index (χ3v) is 4.60. The summed E-state index contributed by atoms with van der Waals surface area (Å²) in [4.78, 5) is 28.7. The van der Waals surface area contributed by atoms with Crippen LogP contribution < -0.4 is 9.47 Å². The molecule has 8 nitrogen and oxygen atoms in total. The predicted octanol–water partition coefficient (Wildman–Crippen LogP) is 1.71. The zero-order valence-corrected chi connectivity index (χ0v) is 15.7. The first-order chi connectivity index (χ1) is 13.4. The molecule has 0 bridgehead atoms. The summed E-state index contributed by atoms with van der Waals surface area (Å²) in [5.41, 5.74) is 0.656. The lowest BCUT2D eigenvalue weighted by Gasteiger charge is -2.35. The van der Waals surface area contributed by atoms with Crippen molar-refractivity contribution in [3.05, 3.63) is 47.5 Å². The maximum atomic E-state index is 12.8. The van der Waals surface area contributed by atoms with Crippen molar-refractivity contribution in [3.8, 4) is 23.0 Å². The summed E-state index contributed by atoms with van der Waals surface area (Å²) in [6, 6.07) is 8.77. The fraction of sp³-hybridized carbons (Fsp3) is 0.300. The molecule has 2 aromatic rings. The Hall–Kier alpha value is -3.42. The van der Waals surface area contributed by atoms with Gasteiger partial charge in [-0.25, -0.2) is 0 Å². The highest BCUT2D eigenvalue weighted by Crippen LogP contribution is 2.25. The van der Waals surface area contributed by atoms with E-state index in [9.17, 15) is 19.8 Å². The van der Waals surface area contributed by atoms with Gasteiger partial charge in [0.2, 0.25) is 0 Å². The second-order valence-corrected chi connectivity index (χ2v) is 6.42. The van der Waals surface area contributed by atoms with Crippen LogP contribution >= 0.6 is 0 Å². The molecule has 0 saturated carbocycles. The number of carbonyl (C=O) groups excluding carboxylic acids is 2. The number of hydrogen-bond donors (Lipinski definition) is 2. The quantitative estimate of drug-likeness (QED) is 0.830. The van der Waals surface area contributed by atoms with Crippen molar-refractivity contribution in [3.63, 3.8) is 0 Å². The standard InChI is InChI=1S/C20H22N2O6/c1-27-17-9-14(10-18(12-17)28-2)20(26)22-5-3-21(4-6-22)19(25)13-7-15(23)11-16(24)8-13/h7-12,23-24H,3-6H2,1-2H3. The highest BCUT2D eigenvalue weighted by atomic mass is 16.5.